The molecule has 0 radical (unpaired) electrons. The summed E-state index contributed by atoms with van der Waals surface area (Å²) in [6.45, 7) is 0.502. The van der Waals surface area contributed by atoms with Crippen molar-refractivity contribution in [2.75, 3.05) is 11.9 Å². The van der Waals surface area contributed by atoms with Gasteiger partial charge in [-0.2, -0.15) is 0 Å². The Balaban J connectivity index is 2.21. The van der Waals surface area contributed by atoms with Gasteiger partial charge in [-0.1, -0.05) is 18.2 Å². The molecule has 0 aromatic heterocycles. The third kappa shape index (κ3) is 2.88. The van der Waals surface area contributed by atoms with E-state index in [1.165, 1.54) is 18.2 Å². The van der Waals surface area contributed by atoms with E-state index in [-0.39, 0.29) is 11.6 Å². The zero-order valence-corrected chi connectivity index (χ0v) is 11.4. The molecule has 18 heavy (non-hydrogen) atoms. The van der Waals surface area contributed by atoms with Crippen molar-refractivity contribution < 1.29 is 8.78 Å². The molecule has 0 aliphatic carbocycles. The highest BCUT2D eigenvalue weighted by molar-refractivity contribution is 9.10. The van der Waals surface area contributed by atoms with Gasteiger partial charge in [-0.3, -0.25) is 0 Å². The molecular weight excluding hydrogens is 300 g/mol. The van der Waals surface area contributed by atoms with E-state index in [0.29, 0.717) is 11.0 Å². The molecule has 4 heteroatoms. The summed E-state index contributed by atoms with van der Waals surface area (Å²) in [5.74, 6) is -0.571. The number of hydrogen-bond donors (Lipinski definition) is 0. The molecule has 0 saturated carbocycles. The fourth-order valence-electron chi connectivity index (χ4n) is 1.73. The number of benzene rings is 2. The van der Waals surface area contributed by atoms with Gasteiger partial charge in [-0.15, -0.1) is 0 Å². The van der Waals surface area contributed by atoms with Crippen LogP contribution in [0.4, 0.5) is 14.5 Å². The van der Waals surface area contributed by atoms with Crippen LogP contribution in [0.25, 0.3) is 0 Å². The molecule has 94 valence electrons. The minimum Gasteiger partial charge on any atom is -0.370 e. The first kappa shape index (κ1) is 13.0. The fourth-order valence-corrected chi connectivity index (χ4v) is 2.12. The molecule has 0 saturated heterocycles. The van der Waals surface area contributed by atoms with Gasteiger partial charge in [0, 0.05) is 19.3 Å². The molecule has 0 bridgehead atoms. The van der Waals surface area contributed by atoms with Crippen LogP contribution in [0.15, 0.2) is 46.9 Å². The van der Waals surface area contributed by atoms with Crippen LogP contribution in [0, 0.1) is 11.6 Å². The first-order valence-corrected chi connectivity index (χ1v) is 6.27. The average molecular weight is 312 g/mol. The third-order valence-corrected chi connectivity index (χ3v) is 3.58. The summed E-state index contributed by atoms with van der Waals surface area (Å²) in [5.41, 5.74) is 1.58. The Labute approximate surface area is 113 Å². The summed E-state index contributed by atoms with van der Waals surface area (Å²) in [6, 6.07) is 11.2. The smallest absolute Gasteiger partial charge is 0.137 e. The van der Waals surface area contributed by atoms with Crippen LogP contribution in [0.3, 0.4) is 0 Å². The van der Waals surface area contributed by atoms with E-state index in [2.05, 4.69) is 15.9 Å². The Morgan fingerprint density at radius 1 is 1.11 bits per heavy atom. The van der Waals surface area contributed by atoms with Crippen molar-refractivity contribution in [1.29, 1.82) is 0 Å². The molecule has 0 fully saturated rings. The first-order valence-electron chi connectivity index (χ1n) is 5.47. The number of anilines is 1. The lowest BCUT2D eigenvalue weighted by molar-refractivity contribution is 0.617. The highest BCUT2D eigenvalue weighted by atomic mass is 79.9. The van der Waals surface area contributed by atoms with Gasteiger partial charge in [-0.05, 0) is 45.8 Å². The molecule has 0 spiro atoms. The molecule has 2 rings (SSSR count). The van der Waals surface area contributed by atoms with Gasteiger partial charge in [0.05, 0.1) is 4.47 Å². The highest BCUT2D eigenvalue weighted by Crippen LogP contribution is 2.23. The SMILES string of the molecule is CN(Cc1cccc(F)c1Br)c1cccc(F)c1. The highest BCUT2D eigenvalue weighted by Gasteiger charge is 2.08. The standard InChI is InChI=1S/C14H12BrF2N/c1-18(12-6-3-5-11(16)8-12)9-10-4-2-7-13(17)14(10)15/h2-8H,9H2,1H3. The minimum absolute atomic E-state index is 0.280. The quantitative estimate of drug-likeness (QED) is 0.814. The Bertz CT molecular complexity index is 557. The van der Waals surface area contributed by atoms with Crippen molar-refractivity contribution in [3.8, 4) is 0 Å². The Kier molecular flexibility index (Phi) is 3.97. The number of nitrogens with zero attached hydrogens (tertiary/aromatic N) is 1. The molecular formula is C14H12BrF2N. The van der Waals surface area contributed by atoms with E-state index in [0.717, 1.165) is 11.3 Å². The zero-order valence-electron chi connectivity index (χ0n) is 9.83. The maximum Gasteiger partial charge on any atom is 0.137 e. The normalized spacial score (nSPS) is 10.4. The van der Waals surface area contributed by atoms with E-state index in [9.17, 15) is 8.78 Å². The first-order chi connectivity index (χ1) is 8.58. The minimum atomic E-state index is -0.292. The van der Waals surface area contributed by atoms with Crippen LogP contribution >= 0.6 is 15.9 Å². The van der Waals surface area contributed by atoms with Crippen molar-refractivity contribution in [3.63, 3.8) is 0 Å². The van der Waals surface area contributed by atoms with Crippen molar-refractivity contribution in [2.24, 2.45) is 0 Å². The van der Waals surface area contributed by atoms with Crippen LogP contribution in [0.2, 0.25) is 0 Å². The Morgan fingerprint density at radius 3 is 2.56 bits per heavy atom. The molecule has 0 heterocycles. The monoisotopic (exact) mass is 311 g/mol. The van der Waals surface area contributed by atoms with Gasteiger partial charge in [0.2, 0.25) is 0 Å². The van der Waals surface area contributed by atoms with E-state index >= 15 is 0 Å². The average Bonchev–Trinajstić information content (AvgIpc) is 2.35. The molecule has 0 N–H and O–H groups in total. The molecule has 0 aliphatic heterocycles. The van der Waals surface area contributed by atoms with Crippen LogP contribution < -0.4 is 4.90 Å². The fraction of sp³-hybridized carbons (Fsp3) is 0.143. The predicted octanol–water partition coefficient (Wildman–Crippen LogP) is 4.36. The van der Waals surface area contributed by atoms with Gasteiger partial charge < -0.3 is 4.90 Å². The summed E-state index contributed by atoms with van der Waals surface area (Å²) in [6.07, 6.45) is 0. The van der Waals surface area contributed by atoms with Crippen LogP contribution in [-0.2, 0) is 6.54 Å². The van der Waals surface area contributed by atoms with E-state index < -0.39 is 0 Å². The number of halogens is 3. The van der Waals surface area contributed by atoms with Crippen molar-refractivity contribution in [2.45, 2.75) is 6.54 Å². The van der Waals surface area contributed by atoms with Gasteiger partial charge in [0.1, 0.15) is 11.6 Å². The van der Waals surface area contributed by atoms with Crippen molar-refractivity contribution >= 4 is 21.6 Å². The Hall–Kier alpha value is -1.42. The second kappa shape index (κ2) is 5.48. The molecule has 2 aromatic rings. The van der Waals surface area contributed by atoms with Crippen molar-refractivity contribution in [1.82, 2.24) is 0 Å². The van der Waals surface area contributed by atoms with E-state index in [1.54, 1.807) is 12.1 Å². The lowest BCUT2D eigenvalue weighted by atomic mass is 10.2. The molecule has 0 amide bonds. The second-order valence-electron chi connectivity index (χ2n) is 4.05. The van der Waals surface area contributed by atoms with E-state index in [4.69, 9.17) is 0 Å². The summed E-state index contributed by atoms with van der Waals surface area (Å²) < 4.78 is 26.9. The number of rotatable bonds is 3. The Morgan fingerprint density at radius 2 is 1.83 bits per heavy atom. The summed E-state index contributed by atoms with van der Waals surface area (Å²) >= 11 is 3.22. The molecule has 0 aliphatic rings. The van der Waals surface area contributed by atoms with Gasteiger partial charge in [-0.25, -0.2) is 8.78 Å². The lowest BCUT2D eigenvalue weighted by Gasteiger charge is -2.20. The second-order valence-corrected chi connectivity index (χ2v) is 4.84. The summed E-state index contributed by atoms with van der Waals surface area (Å²) in [7, 11) is 1.84. The van der Waals surface area contributed by atoms with Crippen LogP contribution in [0.5, 0.6) is 0 Å². The number of hydrogen-bond acceptors (Lipinski definition) is 1. The van der Waals surface area contributed by atoms with E-state index in [1.807, 2.05) is 24.1 Å². The molecule has 2 aromatic carbocycles. The lowest BCUT2D eigenvalue weighted by Crippen LogP contribution is -2.17. The van der Waals surface area contributed by atoms with Crippen LogP contribution in [0.1, 0.15) is 5.56 Å². The largest absolute Gasteiger partial charge is 0.370 e. The predicted molar refractivity (Wildman–Crippen MR) is 72.6 cm³/mol. The van der Waals surface area contributed by atoms with Crippen molar-refractivity contribution in [3.05, 3.63) is 64.1 Å². The topological polar surface area (TPSA) is 3.24 Å². The summed E-state index contributed by atoms with van der Waals surface area (Å²) in [4.78, 5) is 1.86. The maximum atomic E-state index is 13.4. The zero-order chi connectivity index (χ0) is 13.1. The maximum absolute atomic E-state index is 13.4. The molecule has 0 unspecified atom stereocenters. The third-order valence-electron chi connectivity index (χ3n) is 2.69. The van der Waals surface area contributed by atoms with Crippen LogP contribution in [-0.4, -0.2) is 7.05 Å². The van der Waals surface area contributed by atoms with Gasteiger partial charge in [0.25, 0.3) is 0 Å². The molecule has 0 atom stereocenters. The molecule has 1 nitrogen and oxygen atoms in total. The van der Waals surface area contributed by atoms with Gasteiger partial charge >= 0.3 is 0 Å². The van der Waals surface area contributed by atoms with Gasteiger partial charge in [0.15, 0.2) is 0 Å². The summed E-state index contributed by atoms with van der Waals surface area (Å²) in [5, 5.41) is 0.